The fourth-order valence-electron chi connectivity index (χ4n) is 1.86. The molecule has 7 nitrogen and oxygen atoms in total. The maximum absolute atomic E-state index is 11.3. The predicted molar refractivity (Wildman–Crippen MR) is 65.1 cm³/mol. The smallest absolute Gasteiger partial charge is 0.407 e. The molecule has 1 heterocycles. The summed E-state index contributed by atoms with van der Waals surface area (Å²) in [6.45, 7) is 1.80. The molecule has 0 aromatic heterocycles. The van der Waals surface area contributed by atoms with Gasteiger partial charge in [-0.3, -0.25) is 9.69 Å². The lowest BCUT2D eigenvalue weighted by molar-refractivity contribution is -0.122. The van der Waals surface area contributed by atoms with Gasteiger partial charge in [-0.15, -0.1) is 0 Å². The standard InChI is InChI=1S/C11H21N3O4/c1-12-10(16)8-14-4-2-9(3-5-14)13-11(17)18-7-6-15/h9,15H,2-8H2,1H3,(H,12,16)(H,13,17). The summed E-state index contributed by atoms with van der Waals surface area (Å²) in [4.78, 5) is 24.5. The van der Waals surface area contributed by atoms with Crippen molar-refractivity contribution in [3.8, 4) is 0 Å². The summed E-state index contributed by atoms with van der Waals surface area (Å²) in [7, 11) is 1.62. The Morgan fingerprint density at radius 1 is 1.39 bits per heavy atom. The second-order valence-electron chi connectivity index (χ2n) is 4.23. The third-order valence-corrected chi connectivity index (χ3v) is 2.88. The summed E-state index contributed by atoms with van der Waals surface area (Å²) in [6.07, 6.45) is 1.10. The zero-order valence-corrected chi connectivity index (χ0v) is 10.6. The number of carbonyl (C=O) groups excluding carboxylic acids is 2. The largest absolute Gasteiger partial charge is 0.447 e. The minimum atomic E-state index is -0.492. The van der Waals surface area contributed by atoms with Crippen LogP contribution in [0.2, 0.25) is 0 Å². The van der Waals surface area contributed by atoms with Crippen LogP contribution in [0.4, 0.5) is 4.79 Å². The van der Waals surface area contributed by atoms with Crippen molar-refractivity contribution in [3.05, 3.63) is 0 Å². The Labute approximate surface area is 106 Å². The molecule has 3 N–H and O–H groups in total. The van der Waals surface area contributed by atoms with Crippen molar-refractivity contribution in [2.45, 2.75) is 18.9 Å². The van der Waals surface area contributed by atoms with Gasteiger partial charge in [0.05, 0.1) is 13.2 Å². The Bertz CT molecular complexity index is 277. The second kappa shape index (κ2) is 7.88. The van der Waals surface area contributed by atoms with Crippen molar-refractivity contribution in [2.24, 2.45) is 0 Å². The van der Waals surface area contributed by atoms with Crippen molar-refractivity contribution in [3.63, 3.8) is 0 Å². The Hall–Kier alpha value is -1.34. The van der Waals surface area contributed by atoms with Gasteiger partial charge >= 0.3 is 6.09 Å². The molecule has 1 fully saturated rings. The van der Waals surface area contributed by atoms with Crippen molar-refractivity contribution in [1.82, 2.24) is 15.5 Å². The third-order valence-electron chi connectivity index (χ3n) is 2.88. The van der Waals surface area contributed by atoms with Crippen LogP contribution in [0.1, 0.15) is 12.8 Å². The van der Waals surface area contributed by atoms with Crippen LogP contribution in [0.25, 0.3) is 0 Å². The number of carbonyl (C=O) groups is 2. The normalized spacial score (nSPS) is 17.2. The van der Waals surface area contributed by atoms with E-state index < -0.39 is 6.09 Å². The van der Waals surface area contributed by atoms with E-state index in [1.807, 2.05) is 0 Å². The van der Waals surface area contributed by atoms with E-state index in [0.717, 1.165) is 25.9 Å². The SMILES string of the molecule is CNC(=O)CN1CCC(NC(=O)OCCO)CC1. The number of amides is 2. The van der Waals surface area contributed by atoms with E-state index in [1.54, 1.807) is 7.05 Å². The topological polar surface area (TPSA) is 90.9 Å². The number of ether oxygens (including phenoxy) is 1. The van der Waals surface area contributed by atoms with Gasteiger partial charge in [0.15, 0.2) is 0 Å². The molecule has 1 rings (SSSR count). The van der Waals surface area contributed by atoms with Gasteiger partial charge in [-0.25, -0.2) is 4.79 Å². The van der Waals surface area contributed by atoms with Crippen molar-refractivity contribution >= 4 is 12.0 Å². The maximum atomic E-state index is 11.3. The highest BCUT2D eigenvalue weighted by Crippen LogP contribution is 2.09. The monoisotopic (exact) mass is 259 g/mol. The number of aliphatic hydroxyl groups excluding tert-OH is 1. The van der Waals surface area contributed by atoms with Crippen LogP contribution in [0.15, 0.2) is 0 Å². The van der Waals surface area contributed by atoms with E-state index in [4.69, 9.17) is 9.84 Å². The lowest BCUT2D eigenvalue weighted by Crippen LogP contribution is -2.47. The Morgan fingerprint density at radius 3 is 2.61 bits per heavy atom. The summed E-state index contributed by atoms with van der Waals surface area (Å²) in [5.74, 6) is 0.00349. The highest BCUT2D eigenvalue weighted by molar-refractivity contribution is 5.77. The van der Waals surface area contributed by atoms with Gasteiger partial charge in [-0.2, -0.15) is 0 Å². The average Bonchev–Trinajstić information content (AvgIpc) is 2.38. The molecule has 104 valence electrons. The number of rotatable bonds is 5. The Balaban J connectivity index is 2.18. The Morgan fingerprint density at radius 2 is 2.06 bits per heavy atom. The lowest BCUT2D eigenvalue weighted by atomic mass is 10.1. The fraction of sp³-hybridized carbons (Fsp3) is 0.818. The predicted octanol–water partition coefficient (Wildman–Crippen LogP) is -1.08. The van der Waals surface area contributed by atoms with E-state index >= 15 is 0 Å². The quantitative estimate of drug-likeness (QED) is 0.584. The van der Waals surface area contributed by atoms with Gasteiger partial charge in [0.25, 0.3) is 0 Å². The minimum Gasteiger partial charge on any atom is -0.447 e. The molecule has 0 spiro atoms. The molecule has 2 amide bonds. The van der Waals surface area contributed by atoms with Crippen LogP contribution >= 0.6 is 0 Å². The molecule has 0 aromatic rings. The highest BCUT2D eigenvalue weighted by Gasteiger charge is 2.22. The summed E-state index contributed by atoms with van der Waals surface area (Å²) >= 11 is 0. The molecular formula is C11H21N3O4. The number of likely N-dealkylation sites (N-methyl/N-ethyl adjacent to an activating group) is 1. The second-order valence-corrected chi connectivity index (χ2v) is 4.23. The first-order valence-electron chi connectivity index (χ1n) is 6.12. The molecule has 0 unspecified atom stereocenters. The molecule has 1 aliphatic rings. The number of hydrogen-bond acceptors (Lipinski definition) is 5. The number of nitrogens with one attached hydrogen (secondary N) is 2. The van der Waals surface area contributed by atoms with Gasteiger partial charge < -0.3 is 20.5 Å². The van der Waals surface area contributed by atoms with E-state index in [0.29, 0.717) is 6.54 Å². The number of likely N-dealkylation sites (tertiary alicyclic amines) is 1. The van der Waals surface area contributed by atoms with E-state index in [2.05, 4.69) is 15.5 Å². The average molecular weight is 259 g/mol. The summed E-state index contributed by atoms with van der Waals surface area (Å²) in [6, 6.07) is 0.0807. The van der Waals surface area contributed by atoms with Crippen LogP contribution in [-0.2, 0) is 9.53 Å². The van der Waals surface area contributed by atoms with Gasteiger partial charge in [0, 0.05) is 26.2 Å². The van der Waals surface area contributed by atoms with Crippen LogP contribution in [-0.4, -0.2) is 67.9 Å². The molecule has 1 aliphatic heterocycles. The van der Waals surface area contributed by atoms with Gasteiger partial charge in [0.2, 0.25) is 5.91 Å². The number of nitrogens with zero attached hydrogens (tertiary/aromatic N) is 1. The summed E-state index contributed by atoms with van der Waals surface area (Å²) in [5, 5.41) is 13.8. The van der Waals surface area contributed by atoms with Gasteiger partial charge in [0.1, 0.15) is 6.61 Å². The number of alkyl carbamates (subject to hydrolysis) is 1. The molecule has 1 saturated heterocycles. The van der Waals surface area contributed by atoms with Crippen LogP contribution in [0, 0.1) is 0 Å². The molecule has 0 aromatic carbocycles. The van der Waals surface area contributed by atoms with Crippen molar-refractivity contribution in [1.29, 1.82) is 0 Å². The lowest BCUT2D eigenvalue weighted by Gasteiger charge is -2.31. The fourth-order valence-corrected chi connectivity index (χ4v) is 1.86. The zero-order chi connectivity index (χ0) is 13.4. The first-order chi connectivity index (χ1) is 8.65. The van der Waals surface area contributed by atoms with E-state index in [1.165, 1.54) is 0 Å². The molecule has 0 aliphatic carbocycles. The molecule has 18 heavy (non-hydrogen) atoms. The molecule has 0 saturated carbocycles. The summed E-state index contributed by atoms with van der Waals surface area (Å²) in [5.41, 5.74) is 0. The number of aliphatic hydroxyl groups is 1. The van der Waals surface area contributed by atoms with E-state index in [-0.39, 0.29) is 25.2 Å². The molecule has 0 bridgehead atoms. The molecule has 7 heteroatoms. The Kier molecular flexibility index (Phi) is 6.45. The van der Waals surface area contributed by atoms with Crippen LogP contribution in [0.3, 0.4) is 0 Å². The van der Waals surface area contributed by atoms with Crippen LogP contribution in [0.5, 0.6) is 0 Å². The van der Waals surface area contributed by atoms with Crippen molar-refractivity contribution in [2.75, 3.05) is 39.9 Å². The first-order valence-corrected chi connectivity index (χ1v) is 6.12. The van der Waals surface area contributed by atoms with Gasteiger partial charge in [-0.05, 0) is 12.8 Å². The highest BCUT2D eigenvalue weighted by atomic mass is 16.6. The van der Waals surface area contributed by atoms with Crippen LogP contribution < -0.4 is 10.6 Å². The number of hydrogen-bond donors (Lipinski definition) is 3. The molecule has 0 atom stereocenters. The van der Waals surface area contributed by atoms with Crippen molar-refractivity contribution < 1.29 is 19.4 Å². The minimum absolute atomic E-state index is 0.00349. The molecule has 0 radical (unpaired) electrons. The number of piperidine rings is 1. The van der Waals surface area contributed by atoms with E-state index in [9.17, 15) is 9.59 Å². The first kappa shape index (κ1) is 14.7. The zero-order valence-electron chi connectivity index (χ0n) is 10.6. The van der Waals surface area contributed by atoms with Gasteiger partial charge in [-0.1, -0.05) is 0 Å². The third kappa shape index (κ3) is 5.33. The maximum Gasteiger partial charge on any atom is 0.407 e. The summed E-state index contributed by atoms with van der Waals surface area (Å²) < 4.78 is 4.72. The molecular weight excluding hydrogens is 238 g/mol.